The van der Waals surface area contributed by atoms with Gasteiger partial charge in [-0.2, -0.15) is 5.10 Å². The lowest BCUT2D eigenvalue weighted by molar-refractivity contribution is -0.136. The van der Waals surface area contributed by atoms with Crippen molar-refractivity contribution in [3.8, 4) is 5.69 Å². The Labute approximate surface area is 172 Å². The van der Waals surface area contributed by atoms with Crippen LogP contribution in [0.1, 0.15) is 73.5 Å². The summed E-state index contributed by atoms with van der Waals surface area (Å²) in [5, 5.41) is 18.8. The summed E-state index contributed by atoms with van der Waals surface area (Å²) < 4.78 is 1.93. The summed E-state index contributed by atoms with van der Waals surface area (Å²) in [5.74, 6) is 1.61. The van der Waals surface area contributed by atoms with E-state index >= 15 is 0 Å². The number of aliphatic hydroxyl groups is 1. The summed E-state index contributed by atoms with van der Waals surface area (Å²) in [6.07, 6.45) is 6.64. The van der Waals surface area contributed by atoms with E-state index < -0.39 is 5.60 Å². The Morgan fingerprint density at radius 2 is 1.90 bits per heavy atom. The molecule has 0 radical (unpaired) electrons. The number of benzene rings is 1. The third kappa shape index (κ3) is 3.10. The zero-order valence-corrected chi connectivity index (χ0v) is 17.6. The number of nitrogens with zero attached hydrogens (tertiary/aromatic N) is 2. The third-order valence-electron chi connectivity index (χ3n) is 7.48. The smallest absolute Gasteiger partial charge is 0.255 e. The molecule has 4 saturated carbocycles. The second-order valence-corrected chi connectivity index (χ2v) is 9.99. The summed E-state index contributed by atoms with van der Waals surface area (Å²) in [7, 11) is 0. The largest absolute Gasteiger partial charge is 0.390 e. The normalized spacial score (nSPS) is 32.7. The van der Waals surface area contributed by atoms with Gasteiger partial charge in [0.2, 0.25) is 0 Å². The van der Waals surface area contributed by atoms with Crippen molar-refractivity contribution in [3.63, 3.8) is 0 Å². The fourth-order valence-electron chi connectivity index (χ4n) is 6.53. The zero-order chi connectivity index (χ0) is 20.3. The molecule has 4 aliphatic rings. The molecule has 2 atom stereocenters. The van der Waals surface area contributed by atoms with Gasteiger partial charge in [0.05, 0.1) is 28.7 Å². The molecule has 1 aromatic heterocycles. The number of hydrogen-bond acceptors (Lipinski definition) is 3. The van der Waals surface area contributed by atoms with Crippen LogP contribution in [0.2, 0.25) is 0 Å². The second-order valence-electron chi connectivity index (χ2n) is 9.99. The van der Waals surface area contributed by atoms with Crippen LogP contribution in [-0.4, -0.2) is 32.4 Å². The predicted octanol–water partition coefficient (Wildman–Crippen LogP) is 3.97. The van der Waals surface area contributed by atoms with E-state index in [2.05, 4.69) is 37.3 Å². The van der Waals surface area contributed by atoms with Crippen molar-refractivity contribution in [2.45, 2.75) is 70.4 Å². The molecule has 5 heteroatoms. The minimum Gasteiger partial charge on any atom is -0.390 e. The van der Waals surface area contributed by atoms with Gasteiger partial charge in [0.15, 0.2) is 0 Å². The van der Waals surface area contributed by atoms with Gasteiger partial charge in [-0.1, -0.05) is 32.0 Å². The van der Waals surface area contributed by atoms with Crippen LogP contribution >= 0.6 is 0 Å². The monoisotopic (exact) mass is 393 g/mol. The lowest BCUT2D eigenvalue weighted by Gasteiger charge is -2.58. The van der Waals surface area contributed by atoms with E-state index in [4.69, 9.17) is 0 Å². The summed E-state index contributed by atoms with van der Waals surface area (Å²) in [6.45, 7) is 6.29. The Balaban J connectivity index is 1.43. The standard InChI is InChI=1S/C24H31N3O2/c1-14(2)22-19(13-25-27(22)20-7-5-4-6-15(20)3)23(28)26-21-17-8-16-9-18(21)12-24(29,10-16)11-17/h4-7,13-14,16-18,21,29H,8-12H2,1-3H3,(H,26,28). The Hall–Kier alpha value is -2.14. The minimum atomic E-state index is -0.476. The van der Waals surface area contributed by atoms with Gasteiger partial charge in [-0.3, -0.25) is 4.79 Å². The number of aromatic nitrogens is 2. The van der Waals surface area contributed by atoms with Gasteiger partial charge in [0.25, 0.3) is 5.91 Å². The first-order chi connectivity index (χ1) is 13.8. The molecule has 0 aliphatic heterocycles. The third-order valence-corrected chi connectivity index (χ3v) is 7.48. The SMILES string of the molecule is Cc1ccccc1-n1ncc(C(=O)NC2C3CC4CC2CC(O)(C4)C3)c1C(C)C. The highest BCUT2D eigenvalue weighted by molar-refractivity contribution is 5.95. The van der Waals surface area contributed by atoms with Crippen LogP contribution in [-0.2, 0) is 0 Å². The quantitative estimate of drug-likeness (QED) is 0.826. The second kappa shape index (κ2) is 6.69. The van der Waals surface area contributed by atoms with E-state index in [1.165, 1.54) is 0 Å². The molecule has 0 spiro atoms. The molecule has 4 bridgehead atoms. The van der Waals surface area contributed by atoms with Crippen LogP contribution < -0.4 is 5.32 Å². The summed E-state index contributed by atoms with van der Waals surface area (Å²) in [5.41, 5.74) is 3.32. The van der Waals surface area contributed by atoms with Gasteiger partial charge < -0.3 is 10.4 Å². The minimum absolute atomic E-state index is 0.0157. The number of hydrogen-bond donors (Lipinski definition) is 2. The average Bonchev–Trinajstić information content (AvgIpc) is 3.09. The number of aryl methyl sites for hydroxylation is 1. The van der Waals surface area contributed by atoms with Gasteiger partial charge in [-0.25, -0.2) is 4.68 Å². The number of carbonyl (C=O) groups excluding carboxylic acids is 1. The van der Waals surface area contributed by atoms with Gasteiger partial charge in [0.1, 0.15) is 0 Å². The first kappa shape index (κ1) is 18.9. The highest BCUT2D eigenvalue weighted by Crippen LogP contribution is 2.55. The van der Waals surface area contributed by atoms with Crippen LogP contribution in [0.25, 0.3) is 5.69 Å². The van der Waals surface area contributed by atoms with Crippen LogP contribution in [0.3, 0.4) is 0 Å². The molecule has 2 N–H and O–H groups in total. The highest BCUT2D eigenvalue weighted by atomic mass is 16.3. The first-order valence-electron chi connectivity index (χ1n) is 11.0. The topological polar surface area (TPSA) is 67.2 Å². The lowest BCUT2D eigenvalue weighted by atomic mass is 9.52. The van der Waals surface area contributed by atoms with E-state index in [-0.39, 0.29) is 17.9 Å². The van der Waals surface area contributed by atoms with Crippen molar-refractivity contribution < 1.29 is 9.90 Å². The number of para-hydroxylation sites is 1. The van der Waals surface area contributed by atoms with Crippen molar-refractivity contribution in [1.29, 1.82) is 0 Å². The van der Waals surface area contributed by atoms with Gasteiger partial charge >= 0.3 is 0 Å². The molecule has 0 saturated heterocycles. The van der Waals surface area contributed by atoms with Gasteiger partial charge in [-0.15, -0.1) is 0 Å². The van der Waals surface area contributed by atoms with Crippen molar-refractivity contribution in [1.82, 2.24) is 15.1 Å². The zero-order valence-electron chi connectivity index (χ0n) is 17.6. The Morgan fingerprint density at radius 1 is 1.21 bits per heavy atom. The number of nitrogens with one attached hydrogen (secondary N) is 1. The maximum atomic E-state index is 13.3. The van der Waals surface area contributed by atoms with Gasteiger partial charge in [-0.05, 0) is 74.3 Å². The maximum Gasteiger partial charge on any atom is 0.255 e. The maximum absolute atomic E-state index is 13.3. The van der Waals surface area contributed by atoms with Crippen molar-refractivity contribution in [2.75, 3.05) is 0 Å². The lowest BCUT2D eigenvalue weighted by Crippen LogP contribution is -2.61. The van der Waals surface area contributed by atoms with E-state index in [9.17, 15) is 9.90 Å². The molecular weight excluding hydrogens is 362 g/mol. The van der Waals surface area contributed by atoms with Crippen molar-refractivity contribution in [3.05, 3.63) is 47.3 Å². The van der Waals surface area contributed by atoms with E-state index in [1.807, 2.05) is 22.9 Å². The Bertz CT molecular complexity index is 931. The first-order valence-corrected chi connectivity index (χ1v) is 11.0. The molecule has 2 unspecified atom stereocenters. The summed E-state index contributed by atoms with van der Waals surface area (Å²) in [4.78, 5) is 13.3. The van der Waals surface area contributed by atoms with Crippen LogP contribution in [0.15, 0.2) is 30.5 Å². The number of rotatable bonds is 4. The molecule has 4 fully saturated rings. The number of amides is 1. The highest BCUT2D eigenvalue weighted by Gasteiger charge is 2.55. The van der Waals surface area contributed by atoms with Crippen LogP contribution in [0, 0.1) is 24.7 Å². The molecule has 4 aliphatic carbocycles. The van der Waals surface area contributed by atoms with Gasteiger partial charge in [0, 0.05) is 6.04 Å². The molecule has 1 heterocycles. The fraction of sp³-hybridized carbons (Fsp3) is 0.583. The molecule has 1 amide bonds. The molecule has 5 nitrogen and oxygen atoms in total. The summed E-state index contributed by atoms with van der Waals surface area (Å²) >= 11 is 0. The number of carbonyl (C=O) groups is 1. The van der Waals surface area contributed by atoms with Crippen LogP contribution in [0.4, 0.5) is 0 Å². The molecule has 154 valence electrons. The molecular formula is C24H31N3O2. The van der Waals surface area contributed by atoms with E-state index in [1.54, 1.807) is 6.20 Å². The molecule has 6 rings (SSSR count). The Kier molecular flexibility index (Phi) is 4.35. The van der Waals surface area contributed by atoms with E-state index in [0.29, 0.717) is 23.3 Å². The van der Waals surface area contributed by atoms with E-state index in [0.717, 1.165) is 49.0 Å². The molecule has 1 aromatic carbocycles. The summed E-state index contributed by atoms with van der Waals surface area (Å²) in [6, 6.07) is 8.33. The predicted molar refractivity (Wildman–Crippen MR) is 112 cm³/mol. The van der Waals surface area contributed by atoms with Crippen LogP contribution in [0.5, 0.6) is 0 Å². The van der Waals surface area contributed by atoms with Crippen molar-refractivity contribution >= 4 is 5.91 Å². The molecule has 29 heavy (non-hydrogen) atoms. The Morgan fingerprint density at radius 3 is 2.52 bits per heavy atom. The average molecular weight is 394 g/mol. The molecule has 2 aromatic rings. The fourth-order valence-corrected chi connectivity index (χ4v) is 6.53. The van der Waals surface area contributed by atoms with Crippen molar-refractivity contribution in [2.24, 2.45) is 17.8 Å².